The maximum Gasteiger partial charge on any atom is 0.203 e. The molecule has 1 unspecified atom stereocenters. The van der Waals surface area contributed by atoms with Gasteiger partial charge in [0.1, 0.15) is 0 Å². The van der Waals surface area contributed by atoms with Gasteiger partial charge in [0, 0.05) is 6.61 Å². The van der Waals surface area contributed by atoms with Crippen molar-refractivity contribution in [2.75, 3.05) is 6.61 Å². The Morgan fingerprint density at radius 1 is 1.36 bits per heavy atom. The SMILES string of the molecule is CCCCC=C(CC)[SiH]1CCCCO1. The van der Waals surface area contributed by atoms with Gasteiger partial charge in [-0.1, -0.05) is 44.4 Å². The molecule has 1 aliphatic rings. The summed E-state index contributed by atoms with van der Waals surface area (Å²) in [5.41, 5.74) is 0. The maximum atomic E-state index is 5.93. The maximum absolute atomic E-state index is 5.93. The monoisotopic (exact) mass is 212 g/mol. The summed E-state index contributed by atoms with van der Waals surface area (Å²) in [5, 5.41) is 1.68. The van der Waals surface area contributed by atoms with E-state index >= 15 is 0 Å². The van der Waals surface area contributed by atoms with Crippen LogP contribution in [0.25, 0.3) is 0 Å². The summed E-state index contributed by atoms with van der Waals surface area (Å²) in [6, 6.07) is 1.38. The van der Waals surface area contributed by atoms with Crippen LogP contribution in [0, 0.1) is 0 Å². The standard InChI is InChI=1S/C12H24OSi/c1-3-5-6-9-12(4-2)14-11-8-7-10-13-14/h9,14H,3-8,10-11H2,1-2H3. The highest BCUT2D eigenvalue weighted by Crippen LogP contribution is 2.20. The first-order valence-corrected chi connectivity index (χ1v) is 8.05. The second kappa shape index (κ2) is 7.24. The number of rotatable bonds is 5. The zero-order valence-corrected chi connectivity index (χ0v) is 10.9. The van der Waals surface area contributed by atoms with Crippen LogP contribution in [-0.2, 0) is 4.43 Å². The summed E-state index contributed by atoms with van der Waals surface area (Å²) >= 11 is 0. The van der Waals surface area contributed by atoms with Crippen LogP contribution in [0.4, 0.5) is 0 Å². The first-order valence-electron chi connectivity index (χ1n) is 6.19. The molecule has 1 saturated heterocycles. The average molecular weight is 212 g/mol. The lowest BCUT2D eigenvalue weighted by atomic mass is 10.2. The molecule has 0 aliphatic carbocycles. The van der Waals surface area contributed by atoms with Crippen molar-refractivity contribution in [2.24, 2.45) is 0 Å². The first-order chi connectivity index (χ1) is 6.88. The van der Waals surface area contributed by atoms with E-state index in [-0.39, 0.29) is 0 Å². The molecule has 1 nitrogen and oxygen atoms in total. The molecule has 0 amide bonds. The lowest BCUT2D eigenvalue weighted by molar-refractivity contribution is 0.291. The van der Waals surface area contributed by atoms with Gasteiger partial charge in [-0.25, -0.2) is 0 Å². The summed E-state index contributed by atoms with van der Waals surface area (Å²) in [6.07, 6.45) is 10.3. The molecule has 0 aromatic carbocycles. The van der Waals surface area contributed by atoms with E-state index in [1.54, 1.807) is 5.20 Å². The molecule has 0 aromatic heterocycles. The number of hydrogen-bond acceptors (Lipinski definition) is 1. The Kier molecular flexibility index (Phi) is 6.20. The third-order valence-electron chi connectivity index (χ3n) is 2.97. The van der Waals surface area contributed by atoms with Crippen LogP contribution in [0.1, 0.15) is 52.4 Å². The number of allylic oxidation sites excluding steroid dienone is 2. The summed E-state index contributed by atoms with van der Waals surface area (Å²) < 4.78 is 5.93. The lowest BCUT2D eigenvalue weighted by Gasteiger charge is -2.23. The van der Waals surface area contributed by atoms with Crippen molar-refractivity contribution < 1.29 is 4.43 Å². The van der Waals surface area contributed by atoms with Crippen LogP contribution in [0.15, 0.2) is 11.3 Å². The van der Waals surface area contributed by atoms with E-state index in [2.05, 4.69) is 19.9 Å². The van der Waals surface area contributed by atoms with Gasteiger partial charge in [0.15, 0.2) is 0 Å². The van der Waals surface area contributed by atoms with E-state index in [0.29, 0.717) is 0 Å². The summed E-state index contributed by atoms with van der Waals surface area (Å²) in [6.45, 7) is 5.57. The summed E-state index contributed by atoms with van der Waals surface area (Å²) in [5.74, 6) is 0. The molecule has 82 valence electrons. The molecule has 0 spiro atoms. The van der Waals surface area contributed by atoms with Gasteiger partial charge in [-0.05, 0) is 25.3 Å². The second-order valence-electron chi connectivity index (χ2n) is 4.13. The third kappa shape index (κ3) is 3.97. The molecule has 2 heteroatoms. The van der Waals surface area contributed by atoms with E-state index in [1.807, 2.05) is 0 Å². The van der Waals surface area contributed by atoms with E-state index in [9.17, 15) is 0 Å². The Balaban J connectivity index is 2.38. The highest BCUT2D eigenvalue weighted by Gasteiger charge is 2.18. The molecule has 1 fully saturated rings. The number of hydrogen-bond donors (Lipinski definition) is 0. The van der Waals surface area contributed by atoms with E-state index < -0.39 is 9.04 Å². The topological polar surface area (TPSA) is 9.23 Å². The minimum atomic E-state index is -0.923. The Morgan fingerprint density at radius 2 is 2.21 bits per heavy atom. The van der Waals surface area contributed by atoms with Gasteiger partial charge >= 0.3 is 0 Å². The molecule has 1 heterocycles. The van der Waals surface area contributed by atoms with Crippen molar-refractivity contribution in [3.8, 4) is 0 Å². The number of unbranched alkanes of at least 4 members (excludes halogenated alkanes) is 2. The van der Waals surface area contributed by atoms with Crippen LogP contribution >= 0.6 is 0 Å². The molecule has 1 atom stereocenters. The van der Waals surface area contributed by atoms with Crippen LogP contribution < -0.4 is 0 Å². The van der Waals surface area contributed by atoms with Gasteiger partial charge in [0.25, 0.3) is 0 Å². The smallest absolute Gasteiger partial charge is 0.203 e. The van der Waals surface area contributed by atoms with Crippen molar-refractivity contribution in [1.29, 1.82) is 0 Å². The van der Waals surface area contributed by atoms with Crippen LogP contribution in [-0.4, -0.2) is 15.6 Å². The Hall–Kier alpha value is -0.0831. The van der Waals surface area contributed by atoms with Crippen molar-refractivity contribution >= 4 is 9.04 Å². The van der Waals surface area contributed by atoms with Crippen molar-refractivity contribution in [2.45, 2.75) is 58.4 Å². The highest BCUT2D eigenvalue weighted by atomic mass is 28.3. The molecule has 1 aliphatic heterocycles. The van der Waals surface area contributed by atoms with Gasteiger partial charge in [-0.2, -0.15) is 0 Å². The van der Waals surface area contributed by atoms with Crippen molar-refractivity contribution in [3.05, 3.63) is 11.3 Å². The first kappa shape index (κ1) is 12.0. The molecule has 1 rings (SSSR count). The zero-order chi connectivity index (χ0) is 10.2. The second-order valence-corrected chi connectivity index (χ2v) is 6.76. The predicted octanol–water partition coefficient (Wildman–Crippen LogP) is 3.59. The van der Waals surface area contributed by atoms with Crippen molar-refractivity contribution in [1.82, 2.24) is 0 Å². The summed E-state index contributed by atoms with van der Waals surface area (Å²) in [4.78, 5) is 0. The van der Waals surface area contributed by atoms with Gasteiger partial charge < -0.3 is 4.43 Å². The Morgan fingerprint density at radius 3 is 2.79 bits per heavy atom. The molecule has 0 saturated carbocycles. The highest BCUT2D eigenvalue weighted by molar-refractivity contribution is 6.60. The van der Waals surface area contributed by atoms with Gasteiger partial charge in [-0.15, -0.1) is 0 Å². The van der Waals surface area contributed by atoms with E-state index in [4.69, 9.17) is 4.43 Å². The fourth-order valence-electron chi connectivity index (χ4n) is 2.03. The van der Waals surface area contributed by atoms with Crippen LogP contribution in [0.2, 0.25) is 6.04 Å². The van der Waals surface area contributed by atoms with Crippen LogP contribution in [0.3, 0.4) is 0 Å². The Bertz CT molecular complexity index is 171. The molecule has 0 aromatic rings. The van der Waals surface area contributed by atoms with E-state index in [1.165, 1.54) is 44.6 Å². The summed E-state index contributed by atoms with van der Waals surface area (Å²) in [7, 11) is -0.923. The van der Waals surface area contributed by atoms with Gasteiger partial charge in [0.2, 0.25) is 9.04 Å². The minimum Gasteiger partial charge on any atom is -0.416 e. The molecule has 0 bridgehead atoms. The average Bonchev–Trinajstić information content (AvgIpc) is 2.26. The van der Waals surface area contributed by atoms with Gasteiger partial charge in [0.05, 0.1) is 0 Å². The Labute approximate surface area is 90.3 Å². The van der Waals surface area contributed by atoms with Crippen molar-refractivity contribution in [3.63, 3.8) is 0 Å². The molecular formula is C12H24OSi. The normalized spacial score (nSPS) is 23.9. The lowest BCUT2D eigenvalue weighted by Crippen LogP contribution is -2.25. The molecular weight excluding hydrogens is 188 g/mol. The third-order valence-corrected chi connectivity index (χ3v) is 6.01. The quantitative estimate of drug-likeness (QED) is 0.500. The molecule has 0 radical (unpaired) electrons. The van der Waals surface area contributed by atoms with Gasteiger partial charge in [-0.3, -0.25) is 0 Å². The van der Waals surface area contributed by atoms with Crippen LogP contribution in [0.5, 0.6) is 0 Å². The fraction of sp³-hybridized carbons (Fsp3) is 0.833. The zero-order valence-electron chi connectivity index (χ0n) is 9.72. The molecule has 14 heavy (non-hydrogen) atoms. The largest absolute Gasteiger partial charge is 0.416 e. The fourth-order valence-corrected chi connectivity index (χ4v) is 4.78. The predicted molar refractivity (Wildman–Crippen MR) is 65.0 cm³/mol. The minimum absolute atomic E-state index is 0.923. The van der Waals surface area contributed by atoms with E-state index in [0.717, 1.165) is 6.61 Å². The molecule has 0 N–H and O–H groups in total.